The Morgan fingerprint density at radius 1 is 1.10 bits per heavy atom. The first-order valence-electron chi connectivity index (χ1n) is 13.1. The smallest absolute Gasteiger partial charge is 0.253 e. The topological polar surface area (TPSA) is 87.7 Å². The van der Waals surface area contributed by atoms with Crippen LogP contribution >= 0.6 is 11.6 Å². The van der Waals surface area contributed by atoms with Gasteiger partial charge in [0.25, 0.3) is 11.8 Å². The van der Waals surface area contributed by atoms with Gasteiger partial charge in [-0.2, -0.15) is 0 Å². The second-order valence-electron chi connectivity index (χ2n) is 10.1. The molecule has 39 heavy (non-hydrogen) atoms. The number of piperidine rings is 1. The van der Waals surface area contributed by atoms with Crippen molar-refractivity contribution in [3.63, 3.8) is 0 Å². The number of nitrogens with zero attached hydrogens (tertiary/aromatic N) is 4. The quantitative estimate of drug-likeness (QED) is 0.486. The predicted molar refractivity (Wildman–Crippen MR) is 147 cm³/mol. The van der Waals surface area contributed by atoms with Gasteiger partial charge in [0.05, 0.1) is 23.2 Å². The molecule has 0 bridgehead atoms. The van der Waals surface area contributed by atoms with Crippen molar-refractivity contribution in [3.05, 3.63) is 81.5 Å². The van der Waals surface area contributed by atoms with Crippen LogP contribution in [0.3, 0.4) is 0 Å². The van der Waals surface area contributed by atoms with Crippen molar-refractivity contribution >= 4 is 29.2 Å². The first-order chi connectivity index (χ1) is 18.7. The van der Waals surface area contributed by atoms with Crippen molar-refractivity contribution < 1.29 is 18.7 Å². The summed E-state index contributed by atoms with van der Waals surface area (Å²) in [5.41, 5.74) is 1.92. The average Bonchev–Trinajstić information content (AvgIpc) is 2.92. The van der Waals surface area contributed by atoms with Crippen LogP contribution in [0.4, 0.5) is 10.2 Å². The lowest BCUT2D eigenvalue weighted by Crippen LogP contribution is -2.46. The Labute approximate surface area is 232 Å². The van der Waals surface area contributed by atoms with E-state index in [9.17, 15) is 9.59 Å². The van der Waals surface area contributed by atoms with Gasteiger partial charge in [0.1, 0.15) is 11.6 Å². The van der Waals surface area contributed by atoms with Gasteiger partial charge >= 0.3 is 0 Å². The number of carbonyl (C=O) groups is 2. The Kier molecular flexibility index (Phi) is 7.70. The highest BCUT2D eigenvalue weighted by atomic mass is 35.5. The van der Waals surface area contributed by atoms with E-state index in [1.54, 1.807) is 42.3 Å². The van der Waals surface area contributed by atoms with E-state index < -0.39 is 11.9 Å². The first-order valence-corrected chi connectivity index (χ1v) is 13.4. The molecular weight excluding hydrogens is 521 g/mol. The normalized spacial score (nSPS) is 17.3. The molecule has 1 fully saturated rings. The van der Waals surface area contributed by atoms with Gasteiger partial charge in [-0.25, -0.2) is 14.4 Å². The second-order valence-corrected chi connectivity index (χ2v) is 10.5. The molecule has 0 saturated carbocycles. The van der Waals surface area contributed by atoms with Gasteiger partial charge in [-0.15, -0.1) is 0 Å². The van der Waals surface area contributed by atoms with Crippen LogP contribution in [-0.4, -0.2) is 59.5 Å². The minimum Gasteiger partial charge on any atom is -0.490 e. The maximum atomic E-state index is 15.2. The molecule has 1 atom stereocenters. The highest BCUT2D eigenvalue weighted by Gasteiger charge is 2.31. The van der Waals surface area contributed by atoms with Gasteiger partial charge in [0.2, 0.25) is 0 Å². The zero-order valence-corrected chi connectivity index (χ0v) is 23.0. The Hall–Kier alpha value is -3.72. The van der Waals surface area contributed by atoms with Crippen molar-refractivity contribution in [3.8, 4) is 5.75 Å². The fraction of sp³-hybridized carbons (Fsp3) is 0.379. The third-order valence-corrected chi connectivity index (χ3v) is 7.71. The van der Waals surface area contributed by atoms with E-state index in [4.69, 9.17) is 16.3 Å². The number of aryl methyl sites for hydroxylation is 2. The van der Waals surface area contributed by atoms with E-state index in [-0.39, 0.29) is 35.8 Å². The van der Waals surface area contributed by atoms with Crippen molar-refractivity contribution in [1.29, 1.82) is 0 Å². The maximum absolute atomic E-state index is 15.2. The van der Waals surface area contributed by atoms with Crippen LogP contribution in [0.25, 0.3) is 0 Å². The SMILES string of the molecule is Cc1cc(N2CCC(N(C)C(=O)c3cc(F)c4c(c3)[C@H](NC(=O)c3ccccc3Cl)CCO4)CC2)nc(C)n1. The summed E-state index contributed by atoms with van der Waals surface area (Å²) in [7, 11) is 1.76. The van der Waals surface area contributed by atoms with Gasteiger partial charge in [-0.05, 0) is 51.0 Å². The Bertz CT molecular complexity index is 1390. The molecule has 1 aromatic heterocycles. The molecule has 204 valence electrons. The second kappa shape index (κ2) is 11.2. The van der Waals surface area contributed by atoms with Gasteiger partial charge in [-0.3, -0.25) is 9.59 Å². The van der Waals surface area contributed by atoms with Crippen molar-refractivity contribution in [2.75, 3.05) is 31.6 Å². The number of hydrogen-bond donors (Lipinski definition) is 1. The minimum atomic E-state index is -0.620. The summed E-state index contributed by atoms with van der Waals surface area (Å²) in [4.78, 5) is 39.2. The molecule has 2 aliphatic rings. The number of hydrogen-bond acceptors (Lipinski definition) is 6. The zero-order valence-electron chi connectivity index (χ0n) is 22.2. The summed E-state index contributed by atoms with van der Waals surface area (Å²) in [5.74, 6) is 0.436. The Morgan fingerprint density at radius 2 is 1.85 bits per heavy atom. The molecule has 10 heteroatoms. The number of halogens is 2. The van der Waals surface area contributed by atoms with E-state index in [2.05, 4.69) is 20.2 Å². The number of fused-ring (bicyclic) bond motifs is 1. The van der Waals surface area contributed by atoms with Crippen LogP contribution in [0.15, 0.2) is 42.5 Å². The highest BCUT2D eigenvalue weighted by molar-refractivity contribution is 6.33. The van der Waals surface area contributed by atoms with Crippen molar-refractivity contribution in [2.24, 2.45) is 0 Å². The molecule has 5 rings (SSSR count). The summed E-state index contributed by atoms with van der Waals surface area (Å²) in [5, 5.41) is 3.26. The number of aromatic nitrogens is 2. The number of nitrogens with one attached hydrogen (secondary N) is 1. The lowest BCUT2D eigenvalue weighted by Gasteiger charge is -2.37. The van der Waals surface area contributed by atoms with E-state index >= 15 is 4.39 Å². The standard InChI is InChI=1S/C29H31ClFN5O3/c1-17-14-26(33-18(2)32-17)36-11-8-20(9-12-36)35(3)29(38)19-15-22-25(10-13-39-27(22)24(31)16-19)34-28(37)21-6-4-5-7-23(21)30/h4-7,14-16,20,25H,8-13H2,1-3H3,(H,34,37)/t25-/m1/s1. The number of amides is 2. The fourth-order valence-corrected chi connectivity index (χ4v) is 5.55. The average molecular weight is 552 g/mol. The molecule has 2 aliphatic heterocycles. The van der Waals surface area contributed by atoms with Gasteiger partial charge in [0, 0.05) is 55.5 Å². The number of rotatable bonds is 5. The summed E-state index contributed by atoms with van der Waals surface area (Å²) in [6.07, 6.45) is 1.96. The molecule has 1 N–H and O–H groups in total. The fourth-order valence-electron chi connectivity index (χ4n) is 5.33. The van der Waals surface area contributed by atoms with E-state index in [0.717, 1.165) is 43.3 Å². The number of carbonyl (C=O) groups excluding carboxylic acids is 2. The molecule has 2 aromatic carbocycles. The van der Waals surface area contributed by atoms with Gasteiger partial charge in [0.15, 0.2) is 11.6 Å². The van der Waals surface area contributed by atoms with Crippen LogP contribution in [-0.2, 0) is 0 Å². The summed E-state index contributed by atoms with van der Waals surface area (Å²) < 4.78 is 20.7. The molecule has 0 aliphatic carbocycles. The largest absolute Gasteiger partial charge is 0.490 e. The number of anilines is 1. The van der Waals surface area contributed by atoms with Crippen LogP contribution in [0, 0.1) is 19.7 Å². The van der Waals surface area contributed by atoms with Crippen LogP contribution in [0.1, 0.15) is 63.1 Å². The monoisotopic (exact) mass is 551 g/mol. The summed E-state index contributed by atoms with van der Waals surface area (Å²) in [6.45, 7) is 5.58. The third-order valence-electron chi connectivity index (χ3n) is 7.38. The zero-order chi connectivity index (χ0) is 27.7. The molecule has 8 nitrogen and oxygen atoms in total. The molecular formula is C29H31ClFN5O3. The molecule has 3 aromatic rings. The summed E-state index contributed by atoms with van der Waals surface area (Å²) >= 11 is 6.19. The molecule has 0 unspecified atom stereocenters. The van der Waals surface area contributed by atoms with Crippen LogP contribution < -0.4 is 15.0 Å². The lowest BCUT2D eigenvalue weighted by atomic mass is 9.96. The van der Waals surface area contributed by atoms with E-state index in [1.807, 2.05) is 19.9 Å². The number of ether oxygens (including phenoxy) is 1. The molecule has 3 heterocycles. The third kappa shape index (κ3) is 5.68. The van der Waals surface area contributed by atoms with E-state index in [1.165, 1.54) is 6.07 Å². The summed E-state index contributed by atoms with van der Waals surface area (Å²) in [6, 6.07) is 11.1. The predicted octanol–water partition coefficient (Wildman–Crippen LogP) is 4.88. The Balaban J connectivity index is 1.30. The highest BCUT2D eigenvalue weighted by Crippen LogP contribution is 2.36. The minimum absolute atomic E-state index is 0.00356. The molecule has 0 spiro atoms. The Morgan fingerprint density at radius 3 is 2.56 bits per heavy atom. The molecule has 2 amide bonds. The first kappa shape index (κ1) is 26.9. The lowest BCUT2D eigenvalue weighted by molar-refractivity contribution is 0.0708. The molecule has 1 saturated heterocycles. The molecule has 0 radical (unpaired) electrons. The number of benzene rings is 2. The van der Waals surface area contributed by atoms with Gasteiger partial charge in [-0.1, -0.05) is 23.7 Å². The van der Waals surface area contributed by atoms with Crippen LogP contribution in [0.5, 0.6) is 5.75 Å². The maximum Gasteiger partial charge on any atom is 0.253 e. The van der Waals surface area contributed by atoms with Gasteiger partial charge < -0.3 is 19.9 Å². The van der Waals surface area contributed by atoms with Crippen molar-refractivity contribution in [2.45, 2.75) is 45.2 Å². The van der Waals surface area contributed by atoms with E-state index in [0.29, 0.717) is 22.6 Å². The van der Waals surface area contributed by atoms with Crippen molar-refractivity contribution in [1.82, 2.24) is 20.2 Å². The van der Waals surface area contributed by atoms with Crippen LogP contribution in [0.2, 0.25) is 5.02 Å².